The van der Waals surface area contributed by atoms with E-state index >= 15 is 0 Å². The molecule has 4 nitrogen and oxygen atoms in total. The lowest BCUT2D eigenvalue weighted by molar-refractivity contribution is 0.0973. The summed E-state index contributed by atoms with van der Waals surface area (Å²) in [6.07, 6.45) is 1.76. The Labute approximate surface area is 171 Å². The zero-order valence-electron chi connectivity index (χ0n) is 14.6. The topological polar surface area (TPSA) is 57.8 Å². The molecule has 0 unspecified atom stereocenters. The van der Waals surface area contributed by atoms with Crippen LogP contribution in [-0.4, -0.2) is 15.9 Å². The Hall–Kier alpha value is -3.08. The van der Waals surface area contributed by atoms with Crippen LogP contribution in [0, 0.1) is 0 Å². The molecule has 6 heteroatoms. The molecule has 0 aliphatic rings. The molecule has 0 saturated carbocycles. The molecule has 138 valence electrons. The van der Waals surface area contributed by atoms with Crippen LogP contribution in [0.4, 0.5) is 0 Å². The van der Waals surface area contributed by atoms with Gasteiger partial charge in [0.05, 0.1) is 16.7 Å². The van der Waals surface area contributed by atoms with Crippen LogP contribution < -0.4 is 5.32 Å². The van der Waals surface area contributed by atoms with Gasteiger partial charge in [0, 0.05) is 15.6 Å². The quantitative estimate of drug-likeness (QED) is 0.449. The van der Waals surface area contributed by atoms with Crippen molar-refractivity contribution >= 4 is 51.9 Å². The summed E-state index contributed by atoms with van der Waals surface area (Å²) in [5.74, 6) is 0.284. The number of carbonyl (C=O) groups is 1. The summed E-state index contributed by atoms with van der Waals surface area (Å²) in [6, 6.07) is 21.8. The first-order valence-corrected chi connectivity index (χ1v) is 9.34. The van der Waals surface area contributed by atoms with Crippen molar-refractivity contribution in [2.45, 2.75) is 0 Å². The fraction of sp³-hybridized carbons (Fsp3) is 0. The van der Waals surface area contributed by atoms with Crippen molar-refractivity contribution in [1.82, 2.24) is 15.3 Å². The van der Waals surface area contributed by atoms with Gasteiger partial charge >= 0.3 is 0 Å². The van der Waals surface area contributed by atoms with E-state index in [1.807, 2.05) is 42.5 Å². The molecule has 4 rings (SSSR count). The normalized spacial score (nSPS) is 11.6. The number of para-hydroxylation sites is 2. The third kappa shape index (κ3) is 3.93. The number of benzene rings is 3. The monoisotopic (exact) mass is 407 g/mol. The van der Waals surface area contributed by atoms with Crippen molar-refractivity contribution in [1.29, 1.82) is 0 Å². The zero-order chi connectivity index (χ0) is 19.5. The van der Waals surface area contributed by atoms with E-state index in [0.717, 1.165) is 11.0 Å². The number of aromatic amines is 1. The predicted octanol–water partition coefficient (Wildman–Crippen LogP) is 5.80. The van der Waals surface area contributed by atoms with Crippen molar-refractivity contribution in [2.24, 2.45) is 0 Å². The van der Waals surface area contributed by atoms with Crippen LogP contribution in [0.5, 0.6) is 0 Å². The van der Waals surface area contributed by atoms with Gasteiger partial charge in [0.2, 0.25) is 0 Å². The van der Waals surface area contributed by atoms with Gasteiger partial charge in [-0.2, -0.15) is 0 Å². The number of amides is 1. The second kappa shape index (κ2) is 7.89. The molecule has 0 spiro atoms. The Bertz CT molecular complexity index is 1150. The van der Waals surface area contributed by atoms with E-state index in [9.17, 15) is 4.79 Å². The van der Waals surface area contributed by atoms with Crippen LogP contribution >= 0.6 is 23.2 Å². The number of carbonyl (C=O) groups excluding carboxylic acids is 1. The van der Waals surface area contributed by atoms with Gasteiger partial charge in [0.25, 0.3) is 5.91 Å². The minimum Gasteiger partial charge on any atom is -0.337 e. The second-order valence-corrected chi connectivity index (χ2v) is 6.99. The molecule has 1 aromatic heterocycles. The molecule has 0 aliphatic heterocycles. The fourth-order valence-electron chi connectivity index (χ4n) is 2.81. The first kappa shape index (κ1) is 18.3. The number of rotatable bonds is 4. The van der Waals surface area contributed by atoms with E-state index < -0.39 is 0 Å². The molecule has 0 radical (unpaired) electrons. The van der Waals surface area contributed by atoms with E-state index in [0.29, 0.717) is 32.7 Å². The molecule has 2 N–H and O–H groups in total. The molecule has 0 atom stereocenters. The van der Waals surface area contributed by atoms with E-state index in [1.54, 1.807) is 36.4 Å². The molecule has 1 heterocycles. The van der Waals surface area contributed by atoms with E-state index in [1.165, 1.54) is 0 Å². The summed E-state index contributed by atoms with van der Waals surface area (Å²) < 4.78 is 0. The standard InChI is InChI=1S/C22H15Cl2N3O/c23-16-10-11-17(24)15(12-16)13-20(27-22(28)14-6-2-1-3-7-14)21-25-18-8-4-5-9-19(18)26-21/h1-13H,(H,25,26)(H,27,28)/b20-13+. The predicted molar refractivity (Wildman–Crippen MR) is 114 cm³/mol. The van der Waals surface area contributed by atoms with Crippen LogP contribution in [0.1, 0.15) is 21.7 Å². The Kier molecular flexibility index (Phi) is 5.15. The molecule has 0 fully saturated rings. The maximum atomic E-state index is 12.7. The Balaban J connectivity index is 1.79. The highest BCUT2D eigenvalue weighted by molar-refractivity contribution is 6.34. The molecular formula is C22H15Cl2N3O. The molecule has 0 bridgehead atoms. The molecule has 4 aromatic rings. The van der Waals surface area contributed by atoms with Gasteiger partial charge in [-0.05, 0) is 54.1 Å². The van der Waals surface area contributed by atoms with Crippen molar-refractivity contribution in [3.63, 3.8) is 0 Å². The third-order valence-corrected chi connectivity index (χ3v) is 4.77. The largest absolute Gasteiger partial charge is 0.337 e. The number of aromatic nitrogens is 2. The lowest BCUT2D eigenvalue weighted by Gasteiger charge is -2.09. The van der Waals surface area contributed by atoms with Crippen molar-refractivity contribution < 1.29 is 4.79 Å². The molecule has 3 aromatic carbocycles. The summed E-state index contributed by atoms with van der Waals surface area (Å²) in [7, 11) is 0. The first-order valence-electron chi connectivity index (χ1n) is 8.58. The van der Waals surface area contributed by atoms with Crippen LogP contribution in [-0.2, 0) is 0 Å². The number of nitrogens with zero attached hydrogens (tertiary/aromatic N) is 1. The minimum absolute atomic E-state index is 0.245. The van der Waals surface area contributed by atoms with Crippen LogP contribution in [0.3, 0.4) is 0 Å². The SMILES string of the molecule is O=C(N/C(=C/c1cc(Cl)ccc1Cl)c1nc2ccccc2[nH]1)c1ccccc1. The van der Waals surface area contributed by atoms with Crippen molar-refractivity contribution in [3.8, 4) is 0 Å². The zero-order valence-corrected chi connectivity index (χ0v) is 16.1. The summed E-state index contributed by atoms with van der Waals surface area (Å²) in [6.45, 7) is 0. The fourth-order valence-corrected chi connectivity index (χ4v) is 3.16. The summed E-state index contributed by atoms with van der Waals surface area (Å²) in [4.78, 5) is 20.6. The van der Waals surface area contributed by atoms with E-state index in [4.69, 9.17) is 23.2 Å². The molecule has 28 heavy (non-hydrogen) atoms. The van der Waals surface area contributed by atoms with Gasteiger partial charge in [-0.15, -0.1) is 0 Å². The lowest BCUT2D eigenvalue weighted by Crippen LogP contribution is -2.22. The Morgan fingerprint density at radius 1 is 0.964 bits per heavy atom. The van der Waals surface area contributed by atoms with Gasteiger partial charge < -0.3 is 10.3 Å². The van der Waals surface area contributed by atoms with Gasteiger partial charge in [0.1, 0.15) is 0 Å². The van der Waals surface area contributed by atoms with Gasteiger partial charge in [-0.1, -0.05) is 53.5 Å². The smallest absolute Gasteiger partial charge is 0.255 e. The average Bonchev–Trinajstić information content (AvgIpc) is 3.15. The van der Waals surface area contributed by atoms with E-state index in [2.05, 4.69) is 15.3 Å². The first-order chi connectivity index (χ1) is 13.6. The summed E-state index contributed by atoms with van der Waals surface area (Å²) >= 11 is 12.4. The Morgan fingerprint density at radius 2 is 1.71 bits per heavy atom. The molecule has 0 saturated heterocycles. The number of hydrogen-bond acceptors (Lipinski definition) is 2. The number of nitrogens with one attached hydrogen (secondary N) is 2. The number of H-pyrrole nitrogens is 1. The number of hydrogen-bond donors (Lipinski definition) is 2. The molecule has 0 aliphatic carbocycles. The van der Waals surface area contributed by atoms with Crippen LogP contribution in [0.2, 0.25) is 10.0 Å². The minimum atomic E-state index is -0.245. The van der Waals surface area contributed by atoms with Crippen molar-refractivity contribution in [3.05, 3.63) is 99.8 Å². The highest BCUT2D eigenvalue weighted by Gasteiger charge is 2.14. The lowest BCUT2D eigenvalue weighted by atomic mass is 10.1. The van der Waals surface area contributed by atoms with E-state index in [-0.39, 0.29) is 5.91 Å². The number of fused-ring (bicyclic) bond motifs is 1. The number of imidazole rings is 1. The highest BCUT2D eigenvalue weighted by atomic mass is 35.5. The summed E-state index contributed by atoms with van der Waals surface area (Å²) in [5, 5.41) is 4.00. The Morgan fingerprint density at radius 3 is 2.50 bits per heavy atom. The van der Waals surface area contributed by atoms with Crippen LogP contribution in [0.15, 0.2) is 72.8 Å². The van der Waals surface area contributed by atoms with Gasteiger partial charge in [-0.25, -0.2) is 4.98 Å². The third-order valence-electron chi connectivity index (χ3n) is 4.19. The van der Waals surface area contributed by atoms with Gasteiger partial charge in [0.15, 0.2) is 5.82 Å². The maximum absolute atomic E-state index is 12.7. The average molecular weight is 408 g/mol. The summed E-state index contributed by atoms with van der Waals surface area (Å²) in [5.41, 5.74) is 3.39. The van der Waals surface area contributed by atoms with Gasteiger partial charge in [-0.3, -0.25) is 4.79 Å². The molecule has 1 amide bonds. The maximum Gasteiger partial charge on any atom is 0.255 e. The molecular weight excluding hydrogens is 393 g/mol. The van der Waals surface area contributed by atoms with Crippen molar-refractivity contribution in [2.75, 3.05) is 0 Å². The highest BCUT2D eigenvalue weighted by Crippen LogP contribution is 2.25. The number of halogens is 2. The second-order valence-electron chi connectivity index (χ2n) is 6.15. The van der Waals surface area contributed by atoms with Crippen LogP contribution in [0.25, 0.3) is 22.8 Å².